The van der Waals surface area contributed by atoms with Crippen LogP contribution in [0.1, 0.15) is 21.5 Å². The molecular weight excluding hydrogens is 385 g/mol. The van der Waals surface area contributed by atoms with Gasteiger partial charge in [-0.3, -0.25) is 9.59 Å². The molecule has 6 nitrogen and oxygen atoms in total. The highest BCUT2D eigenvalue weighted by atomic mass is 32.1. The average molecular weight is 398 g/mol. The molecule has 0 unspecified atom stereocenters. The topological polar surface area (TPSA) is 98.5 Å². The minimum atomic E-state index is -4.44. The second-order valence-corrected chi connectivity index (χ2v) is 6.05. The van der Waals surface area contributed by atoms with Crippen molar-refractivity contribution in [2.45, 2.75) is 6.18 Å². The summed E-state index contributed by atoms with van der Waals surface area (Å²) in [5.74, 6) is -2.23. The Morgan fingerprint density at radius 3 is 2.41 bits per heavy atom. The Balaban J connectivity index is 1.85. The fourth-order valence-corrected chi connectivity index (χ4v) is 2.70. The number of halogens is 3. The second kappa shape index (κ2) is 8.49. The van der Waals surface area contributed by atoms with Crippen LogP contribution in [-0.2, 0) is 20.5 Å². The van der Waals surface area contributed by atoms with Crippen LogP contribution in [0.4, 0.5) is 18.2 Å². The predicted molar refractivity (Wildman–Crippen MR) is 92.9 cm³/mol. The van der Waals surface area contributed by atoms with Crippen LogP contribution in [0.5, 0.6) is 0 Å². The van der Waals surface area contributed by atoms with Gasteiger partial charge in [0, 0.05) is 6.08 Å². The molecule has 0 aliphatic rings. The standard InChI is InChI=1S/C17H13F3N2O4S/c18-17(19,20)11-4-1-10(2-5-11)3-6-14(24)26-9-13(23)22-16-12(15(21)25)7-8-27-16/h1-8H,9H2,(H2,21,25)(H,22,23)/b6-3+. The number of nitrogens with one attached hydrogen (secondary N) is 1. The van der Waals surface area contributed by atoms with Gasteiger partial charge in [0.25, 0.3) is 11.8 Å². The summed E-state index contributed by atoms with van der Waals surface area (Å²) < 4.78 is 42.1. The van der Waals surface area contributed by atoms with Gasteiger partial charge >= 0.3 is 12.1 Å². The van der Waals surface area contributed by atoms with Gasteiger partial charge in [-0.05, 0) is 35.2 Å². The number of thiophene rings is 1. The number of carbonyl (C=O) groups excluding carboxylic acids is 3. The molecule has 0 aliphatic carbocycles. The highest BCUT2D eigenvalue weighted by molar-refractivity contribution is 7.14. The molecule has 2 aromatic rings. The summed E-state index contributed by atoms with van der Waals surface area (Å²) in [4.78, 5) is 34.5. The monoisotopic (exact) mass is 398 g/mol. The fraction of sp³-hybridized carbons (Fsp3) is 0.118. The van der Waals surface area contributed by atoms with E-state index in [1.54, 1.807) is 5.38 Å². The summed E-state index contributed by atoms with van der Waals surface area (Å²) in [5, 5.41) is 4.20. The molecule has 142 valence electrons. The number of alkyl halides is 3. The second-order valence-electron chi connectivity index (χ2n) is 5.14. The third-order valence-corrected chi connectivity index (χ3v) is 4.01. The Bertz CT molecular complexity index is 873. The number of rotatable bonds is 6. The van der Waals surface area contributed by atoms with Gasteiger partial charge in [-0.25, -0.2) is 4.79 Å². The lowest BCUT2D eigenvalue weighted by Crippen LogP contribution is -2.21. The number of carbonyl (C=O) groups is 3. The average Bonchev–Trinajstić information content (AvgIpc) is 3.06. The van der Waals surface area contributed by atoms with Crippen molar-refractivity contribution in [1.82, 2.24) is 0 Å². The number of hydrogen-bond acceptors (Lipinski definition) is 5. The maximum Gasteiger partial charge on any atom is 0.416 e. The van der Waals surface area contributed by atoms with Crippen molar-refractivity contribution in [3.8, 4) is 0 Å². The first-order chi connectivity index (χ1) is 12.7. The van der Waals surface area contributed by atoms with Crippen molar-refractivity contribution in [3.05, 3.63) is 58.5 Å². The number of anilines is 1. The number of amides is 2. The number of benzene rings is 1. The molecule has 0 spiro atoms. The lowest BCUT2D eigenvalue weighted by molar-refractivity contribution is -0.142. The fourth-order valence-electron chi connectivity index (χ4n) is 1.90. The number of ether oxygens (including phenoxy) is 1. The first-order valence-electron chi connectivity index (χ1n) is 7.36. The predicted octanol–water partition coefficient (Wildman–Crippen LogP) is 3.06. The number of primary amides is 1. The third-order valence-electron chi connectivity index (χ3n) is 3.18. The largest absolute Gasteiger partial charge is 0.452 e. The molecule has 0 aliphatic heterocycles. The SMILES string of the molecule is NC(=O)c1ccsc1NC(=O)COC(=O)/C=C/c1ccc(C(F)(F)F)cc1. The number of esters is 1. The number of nitrogens with two attached hydrogens (primary N) is 1. The zero-order valence-corrected chi connectivity index (χ0v) is 14.4. The zero-order chi connectivity index (χ0) is 20.0. The van der Waals surface area contributed by atoms with Crippen LogP contribution in [0.3, 0.4) is 0 Å². The minimum Gasteiger partial charge on any atom is -0.452 e. The third kappa shape index (κ3) is 5.96. The van der Waals surface area contributed by atoms with E-state index in [0.29, 0.717) is 5.56 Å². The van der Waals surface area contributed by atoms with E-state index in [1.165, 1.54) is 24.3 Å². The van der Waals surface area contributed by atoms with Gasteiger partial charge in [0.1, 0.15) is 5.00 Å². The highest BCUT2D eigenvalue weighted by Crippen LogP contribution is 2.29. The molecule has 3 N–H and O–H groups in total. The molecule has 0 saturated carbocycles. The van der Waals surface area contributed by atoms with Crippen LogP contribution in [0.25, 0.3) is 6.08 Å². The van der Waals surface area contributed by atoms with Gasteiger partial charge < -0.3 is 15.8 Å². The lowest BCUT2D eigenvalue weighted by atomic mass is 10.1. The number of hydrogen-bond donors (Lipinski definition) is 2. The molecule has 0 bridgehead atoms. The Morgan fingerprint density at radius 2 is 1.81 bits per heavy atom. The van der Waals surface area contributed by atoms with Gasteiger partial charge in [-0.15, -0.1) is 11.3 Å². The van der Waals surface area contributed by atoms with Crippen LogP contribution in [0.15, 0.2) is 41.8 Å². The van der Waals surface area contributed by atoms with Crippen molar-refractivity contribution in [2.75, 3.05) is 11.9 Å². The molecule has 1 aromatic carbocycles. The van der Waals surface area contributed by atoms with Crippen LogP contribution in [0.2, 0.25) is 0 Å². The van der Waals surface area contributed by atoms with Crippen molar-refractivity contribution in [2.24, 2.45) is 5.73 Å². The van der Waals surface area contributed by atoms with E-state index >= 15 is 0 Å². The van der Waals surface area contributed by atoms with Crippen molar-refractivity contribution in [1.29, 1.82) is 0 Å². The highest BCUT2D eigenvalue weighted by Gasteiger charge is 2.29. The lowest BCUT2D eigenvalue weighted by Gasteiger charge is -2.06. The molecular formula is C17H13F3N2O4S. The van der Waals surface area contributed by atoms with E-state index < -0.39 is 36.1 Å². The van der Waals surface area contributed by atoms with Crippen molar-refractivity contribution >= 4 is 40.2 Å². The quantitative estimate of drug-likeness (QED) is 0.577. The van der Waals surface area contributed by atoms with Gasteiger partial charge in [-0.2, -0.15) is 13.2 Å². The van der Waals surface area contributed by atoms with E-state index in [0.717, 1.165) is 29.5 Å². The first kappa shape index (κ1) is 20.2. The summed E-state index contributed by atoms with van der Waals surface area (Å²) in [6.07, 6.45) is -2.20. The van der Waals surface area contributed by atoms with Crippen LogP contribution >= 0.6 is 11.3 Å². The van der Waals surface area contributed by atoms with Gasteiger partial charge in [0.15, 0.2) is 6.61 Å². The van der Waals surface area contributed by atoms with E-state index in [1.807, 2.05) is 0 Å². The normalized spacial score (nSPS) is 11.4. The van der Waals surface area contributed by atoms with Crippen LogP contribution < -0.4 is 11.1 Å². The van der Waals surface area contributed by atoms with E-state index in [9.17, 15) is 27.6 Å². The maximum atomic E-state index is 12.5. The molecule has 0 radical (unpaired) electrons. The molecule has 0 saturated heterocycles. The Labute approximate surface area is 155 Å². The van der Waals surface area contributed by atoms with E-state index in [4.69, 9.17) is 10.5 Å². The van der Waals surface area contributed by atoms with E-state index in [-0.39, 0.29) is 10.6 Å². The van der Waals surface area contributed by atoms with Crippen LogP contribution in [0, 0.1) is 0 Å². The van der Waals surface area contributed by atoms with Crippen molar-refractivity contribution in [3.63, 3.8) is 0 Å². The first-order valence-corrected chi connectivity index (χ1v) is 8.24. The maximum absolute atomic E-state index is 12.5. The molecule has 27 heavy (non-hydrogen) atoms. The smallest absolute Gasteiger partial charge is 0.416 e. The summed E-state index contributed by atoms with van der Waals surface area (Å²) >= 11 is 1.08. The summed E-state index contributed by atoms with van der Waals surface area (Å²) in [6, 6.07) is 5.61. The summed E-state index contributed by atoms with van der Waals surface area (Å²) in [5.41, 5.74) is 4.84. The Hall–Kier alpha value is -3.14. The summed E-state index contributed by atoms with van der Waals surface area (Å²) in [7, 11) is 0. The van der Waals surface area contributed by atoms with Gasteiger partial charge in [0.05, 0.1) is 11.1 Å². The molecule has 0 fully saturated rings. The Kier molecular flexibility index (Phi) is 6.35. The zero-order valence-electron chi connectivity index (χ0n) is 13.6. The molecule has 10 heteroatoms. The minimum absolute atomic E-state index is 0.141. The van der Waals surface area contributed by atoms with Gasteiger partial charge in [-0.1, -0.05) is 12.1 Å². The van der Waals surface area contributed by atoms with Crippen LogP contribution in [-0.4, -0.2) is 24.4 Å². The van der Waals surface area contributed by atoms with Crippen molar-refractivity contribution < 1.29 is 32.3 Å². The van der Waals surface area contributed by atoms with E-state index in [2.05, 4.69) is 5.32 Å². The Morgan fingerprint density at radius 1 is 1.15 bits per heavy atom. The molecule has 2 amide bonds. The van der Waals surface area contributed by atoms with Gasteiger partial charge in [0.2, 0.25) is 0 Å². The molecule has 1 heterocycles. The molecule has 0 atom stereocenters. The summed E-state index contributed by atoms with van der Waals surface area (Å²) in [6.45, 7) is -0.605. The molecule has 1 aromatic heterocycles. The molecule has 2 rings (SSSR count).